The summed E-state index contributed by atoms with van der Waals surface area (Å²) in [6, 6.07) is 5.83. The fourth-order valence-corrected chi connectivity index (χ4v) is 3.13. The van der Waals surface area contributed by atoms with Crippen molar-refractivity contribution in [2.45, 2.75) is 25.3 Å². The van der Waals surface area contributed by atoms with E-state index in [0.717, 1.165) is 24.0 Å². The van der Waals surface area contributed by atoms with E-state index in [1.807, 2.05) is 12.1 Å². The summed E-state index contributed by atoms with van der Waals surface area (Å²) < 4.78 is 22.0. The van der Waals surface area contributed by atoms with Crippen molar-refractivity contribution < 1.29 is 13.5 Å². The SMILES string of the molecule is CS(=O)(=O)CCCNC1CCc2c(O)cccc21. The van der Waals surface area contributed by atoms with E-state index < -0.39 is 9.84 Å². The first-order valence-electron chi connectivity index (χ1n) is 6.19. The second-order valence-electron chi connectivity index (χ2n) is 4.87. The van der Waals surface area contributed by atoms with Gasteiger partial charge in [-0.05, 0) is 43.0 Å². The highest BCUT2D eigenvalue weighted by atomic mass is 32.2. The summed E-state index contributed by atoms with van der Waals surface area (Å²) in [6.45, 7) is 0.687. The summed E-state index contributed by atoms with van der Waals surface area (Å²) in [4.78, 5) is 0. The van der Waals surface area contributed by atoms with Crippen LogP contribution in [0.5, 0.6) is 5.75 Å². The average Bonchev–Trinajstić information content (AvgIpc) is 2.68. The molecule has 1 atom stereocenters. The Morgan fingerprint density at radius 1 is 1.44 bits per heavy atom. The number of benzene rings is 1. The molecule has 0 aliphatic heterocycles. The second-order valence-corrected chi connectivity index (χ2v) is 7.13. The molecular weight excluding hydrogens is 250 g/mol. The van der Waals surface area contributed by atoms with Gasteiger partial charge in [-0.2, -0.15) is 0 Å². The molecule has 0 amide bonds. The Bertz CT molecular complexity index is 525. The molecule has 1 aliphatic carbocycles. The molecule has 0 saturated carbocycles. The minimum Gasteiger partial charge on any atom is -0.508 e. The molecule has 0 radical (unpaired) electrons. The van der Waals surface area contributed by atoms with Crippen LogP contribution in [0.25, 0.3) is 0 Å². The van der Waals surface area contributed by atoms with Crippen LogP contribution in [-0.2, 0) is 16.3 Å². The number of sulfone groups is 1. The van der Waals surface area contributed by atoms with Crippen molar-refractivity contribution in [1.29, 1.82) is 0 Å². The summed E-state index contributed by atoms with van der Waals surface area (Å²) in [6.07, 6.45) is 3.73. The fraction of sp³-hybridized carbons (Fsp3) is 0.538. The monoisotopic (exact) mass is 269 g/mol. The maximum Gasteiger partial charge on any atom is 0.147 e. The van der Waals surface area contributed by atoms with Crippen molar-refractivity contribution in [3.63, 3.8) is 0 Å². The van der Waals surface area contributed by atoms with Gasteiger partial charge in [0.25, 0.3) is 0 Å². The van der Waals surface area contributed by atoms with Crippen LogP contribution in [0.1, 0.15) is 30.0 Å². The molecule has 0 saturated heterocycles. The summed E-state index contributed by atoms with van der Waals surface area (Å²) in [5, 5.41) is 13.1. The van der Waals surface area contributed by atoms with E-state index in [9.17, 15) is 13.5 Å². The lowest BCUT2D eigenvalue weighted by atomic mass is 10.1. The molecule has 2 rings (SSSR count). The normalized spacial score (nSPS) is 18.8. The third kappa shape index (κ3) is 3.23. The van der Waals surface area contributed by atoms with E-state index in [-0.39, 0.29) is 11.8 Å². The highest BCUT2D eigenvalue weighted by Gasteiger charge is 2.23. The highest BCUT2D eigenvalue weighted by molar-refractivity contribution is 7.90. The van der Waals surface area contributed by atoms with Crippen LogP contribution in [-0.4, -0.2) is 32.1 Å². The number of hydrogen-bond donors (Lipinski definition) is 2. The Morgan fingerprint density at radius 3 is 2.94 bits per heavy atom. The Morgan fingerprint density at radius 2 is 2.22 bits per heavy atom. The summed E-state index contributed by atoms with van der Waals surface area (Å²) in [7, 11) is -2.87. The minimum atomic E-state index is -2.87. The van der Waals surface area contributed by atoms with Crippen LogP contribution >= 0.6 is 0 Å². The van der Waals surface area contributed by atoms with E-state index in [4.69, 9.17) is 0 Å². The van der Waals surface area contributed by atoms with Gasteiger partial charge in [0.15, 0.2) is 0 Å². The van der Waals surface area contributed by atoms with Gasteiger partial charge in [-0.15, -0.1) is 0 Å². The van der Waals surface area contributed by atoms with Gasteiger partial charge in [-0.3, -0.25) is 0 Å². The Labute approximate surface area is 108 Å². The standard InChI is InChI=1S/C13H19NO3S/c1-18(16,17)9-3-8-14-12-7-6-11-10(12)4-2-5-13(11)15/h2,4-5,12,14-15H,3,6-9H2,1H3. The molecule has 1 aliphatic rings. The zero-order valence-electron chi connectivity index (χ0n) is 10.5. The molecule has 1 aromatic carbocycles. The molecule has 0 heterocycles. The lowest BCUT2D eigenvalue weighted by molar-refractivity contribution is 0.469. The Balaban J connectivity index is 1.89. The van der Waals surface area contributed by atoms with Crippen molar-refractivity contribution in [3.8, 4) is 5.75 Å². The lowest BCUT2D eigenvalue weighted by Gasteiger charge is -2.13. The molecule has 0 fully saturated rings. The molecule has 0 bridgehead atoms. The van der Waals surface area contributed by atoms with Crippen LogP contribution < -0.4 is 5.32 Å². The van der Waals surface area contributed by atoms with Gasteiger partial charge in [0.05, 0.1) is 5.75 Å². The largest absolute Gasteiger partial charge is 0.508 e. The molecule has 100 valence electrons. The zero-order valence-corrected chi connectivity index (χ0v) is 11.3. The van der Waals surface area contributed by atoms with Crippen LogP contribution in [0, 0.1) is 0 Å². The van der Waals surface area contributed by atoms with Crippen molar-refractivity contribution in [1.82, 2.24) is 5.32 Å². The number of hydrogen-bond acceptors (Lipinski definition) is 4. The smallest absolute Gasteiger partial charge is 0.147 e. The second kappa shape index (κ2) is 5.28. The first kappa shape index (κ1) is 13.4. The van der Waals surface area contributed by atoms with Gasteiger partial charge in [0.2, 0.25) is 0 Å². The van der Waals surface area contributed by atoms with E-state index in [1.165, 1.54) is 6.26 Å². The topological polar surface area (TPSA) is 66.4 Å². The molecule has 18 heavy (non-hydrogen) atoms. The van der Waals surface area contributed by atoms with E-state index in [2.05, 4.69) is 5.32 Å². The first-order chi connectivity index (χ1) is 8.47. The van der Waals surface area contributed by atoms with E-state index in [1.54, 1.807) is 6.07 Å². The third-order valence-electron chi connectivity index (χ3n) is 3.33. The number of phenolic OH excluding ortho intramolecular Hbond substituents is 1. The number of fused-ring (bicyclic) bond motifs is 1. The van der Waals surface area contributed by atoms with Crippen molar-refractivity contribution in [3.05, 3.63) is 29.3 Å². The Hall–Kier alpha value is -1.07. The zero-order chi connectivity index (χ0) is 13.2. The molecule has 2 N–H and O–H groups in total. The van der Waals surface area contributed by atoms with Gasteiger partial charge < -0.3 is 10.4 Å². The van der Waals surface area contributed by atoms with Gasteiger partial charge >= 0.3 is 0 Å². The van der Waals surface area contributed by atoms with E-state index >= 15 is 0 Å². The quantitative estimate of drug-likeness (QED) is 0.793. The van der Waals surface area contributed by atoms with Crippen molar-refractivity contribution >= 4 is 9.84 Å². The Kier molecular flexibility index (Phi) is 3.92. The average molecular weight is 269 g/mol. The van der Waals surface area contributed by atoms with Crippen LogP contribution in [0.4, 0.5) is 0 Å². The number of rotatable bonds is 5. The fourth-order valence-electron chi connectivity index (χ4n) is 2.46. The highest BCUT2D eigenvalue weighted by Crippen LogP contribution is 2.36. The first-order valence-corrected chi connectivity index (χ1v) is 8.25. The molecule has 4 nitrogen and oxygen atoms in total. The maximum atomic E-state index is 11.0. The number of aromatic hydroxyl groups is 1. The van der Waals surface area contributed by atoms with Crippen LogP contribution in [0.3, 0.4) is 0 Å². The maximum absolute atomic E-state index is 11.0. The summed E-state index contributed by atoms with van der Waals surface area (Å²) in [5.41, 5.74) is 2.17. The van der Waals surface area contributed by atoms with Gasteiger partial charge in [0.1, 0.15) is 15.6 Å². The lowest BCUT2D eigenvalue weighted by Crippen LogP contribution is -2.22. The molecule has 5 heteroatoms. The van der Waals surface area contributed by atoms with E-state index in [0.29, 0.717) is 18.7 Å². The predicted molar refractivity (Wildman–Crippen MR) is 71.5 cm³/mol. The minimum absolute atomic E-state index is 0.222. The molecule has 1 unspecified atom stereocenters. The van der Waals surface area contributed by atoms with Crippen LogP contribution in [0.2, 0.25) is 0 Å². The van der Waals surface area contributed by atoms with Crippen molar-refractivity contribution in [2.75, 3.05) is 18.6 Å². The number of phenols is 1. The van der Waals surface area contributed by atoms with Gasteiger partial charge in [-0.25, -0.2) is 8.42 Å². The molecule has 1 aromatic rings. The third-order valence-corrected chi connectivity index (χ3v) is 4.36. The molecular formula is C13H19NO3S. The summed E-state index contributed by atoms with van der Waals surface area (Å²) >= 11 is 0. The van der Waals surface area contributed by atoms with Crippen molar-refractivity contribution in [2.24, 2.45) is 0 Å². The molecule has 0 spiro atoms. The number of nitrogens with one attached hydrogen (secondary N) is 1. The molecule has 0 aromatic heterocycles. The predicted octanol–water partition coefficient (Wildman–Crippen LogP) is 1.40. The summed E-state index contributed by atoms with van der Waals surface area (Å²) in [5.74, 6) is 0.590. The van der Waals surface area contributed by atoms with Crippen LogP contribution in [0.15, 0.2) is 18.2 Å². The van der Waals surface area contributed by atoms with Gasteiger partial charge in [0, 0.05) is 12.3 Å². The van der Waals surface area contributed by atoms with Gasteiger partial charge in [-0.1, -0.05) is 12.1 Å².